The number of aromatic nitrogens is 1. The summed E-state index contributed by atoms with van der Waals surface area (Å²) in [5, 5.41) is 4.16. The molecule has 80 valence electrons. The fourth-order valence-corrected chi connectivity index (χ4v) is 1.97. The molecule has 0 saturated heterocycles. The Morgan fingerprint density at radius 3 is 2.67 bits per heavy atom. The van der Waals surface area contributed by atoms with E-state index in [0.717, 1.165) is 15.5 Å². The summed E-state index contributed by atoms with van der Waals surface area (Å²) >= 11 is 1.46. The largest absolute Gasteiger partial charge is 0.302 e. The standard InChI is InChI=1S/C11H14N2OS/c1-5-10-9(6-7(2)3)13-11(15-10)12-8(4)14/h5-6H,2H2,1,3-4H3,(H,12,13,14)/b9-6+,10-5+. The highest BCUT2D eigenvalue weighted by atomic mass is 32.1. The number of carbonyl (C=O) groups is 1. The first-order valence-electron chi connectivity index (χ1n) is 4.61. The summed E-state index contributed by atoms with van der Waals surface area (Å²) in [6, 6.07) is 0. The summed E-state index contributed by atoms with van der Waals surface area (Å²) in [4.78, 5) is 15.2. The molecule has 1 rings (SSSR count). The molecule has 0 aliphatic heterocycles. The third kappa shape index (κ3) is 3.32. The zero-order valence-corrected chi connectivity index (χ0v) is 9.94. The van der Waals surface area contributed by atoms with Gasteiger partial charge in [0, 0.05) is 6.92 Å². The van der Waals surface area contributed by atoms with Crippen LogP contribution >= 0.6 is 11.3 Å². The molecule has 0 unspecified atom stereocenters. The van der Waals surface area contributed by atoms with E-state index in [4.69, 9.17) is 0 Å². The second kappa shape index (κ2) is 4.89. The first-order chi connectivity index (χ1) is 7.02. The number of hydrogen-bond donors (Lipinski definition) is 1. The van der Waals surface area contributed by atoms with Crippen molar-refractivity contribution in [1.29, 1.82) is 0 Å². The molecule has 0 bridgehead atoms. The monoisotopic (exact) mass is 222 g/mol. The van der Waals surface area contributed by atoms with E-state index >= 15 is 0 Å². The van der Waals surface area contributed by atoms with E-state index in [-0.39, 0.29) is 5.91 Å². The molecule has 0 aliphatic rings. The zero-order chi connectivity index (χ0) is 11.4. The molecule has 0 radical (unpaired) electrons. The molecule has 0 atom stereocenters. The molecule has 3 nitrogen and oxygen atoms in total. The highest BCUT2D eigenvalue weighted by Gasteiger charge is 2.00. The lowest BCUT2D eigenvalue weighted by Crippen LogP contribution is -2.20. The minimum absolute atomic E-state index is 0.103. The maximum atomic E-state index is 10.9. The van der Waals surface area contributed by atoms with Gasteiger partial charge in [-0.1, -0.05) is 29.6 Å². The van der Waals surface area contributed by atoms with E-state index in [9.17, 15) is 4.79 Å². The molecule has 1 amide bonds. The van der Waals surface area contributed by atoms with Crippen LogP contribution in [0.25, 0.3) is 12.2 Å². The molecule has 0 spiro atoms. The minimum Gasteiger partial charge on any atom is -0.302 e. The molecule has 1 aromatic rings. The molecule has 15 heavy (non-hydrogen) atoms. The normalized spacial score (nSPS) is 13.0. The van der Waals surface area contributed by atoms with Gasteiger partial charge < -0.3 is 5.32 Å². The molecule has 0 aliphatic carbocycles. The Morgan fingerprint density at radius 1 is 1.53 bits per heavy atom. The van der Waals surface area contributed by atoms with Crippen LogP contribution in [0.1, 0.15) is 20.8 Å². The molecule has 4 heteroatoms. The van der Waals surface area contributed by atoms with Crippen molar-refractivity contribution in [1.82, 2.24) is 4.98 Å². The molecule has 0 saturated carbocycles. The van der Waals surface area contributed by atoms with Crippen molar-refractivity contribution in [2.45, 2.75) is 20.8 Å². The Labute approximate surface area is 92.9 Å². The topological polar surface area (TPSA) is 42.0 Å². The summed E-state index contributed by atoms with van der Waals surface area (Å²) in [5.41, 5.74) is 0.942. The number of rotatable bonds is 2. The van der Waals surface area contributed by atoms with Gasteiger partial charge in [0.1, 0.15) is 0 Å². The summed E-state index contributed by atoms with van der Waals surface area (Å²) < 4.78 is 1.04. The number of thiazole rings is 1. The molecule has 0 aromatic carbocycles. The van der Waals surface area contributed by atoms with E-state index in [2.05, 4.69) is 16.9 Å². The highest BCUT2D eigenvalue weighted by Crippen LogP contribution is 2.03. The SMILES string of the molecule is C=C(C)/C=c1/nc(NC(C)=O)s/c1=C/C. The first-order valence-corrected chi connectivity index (χ1v) is 5.42. The molecule has 1 heterocycles. The van der Waals surface area contributed by atoms with Gasteiger partial charge in [-0.25, -0.2) is 4.98 Å². The number of anilines is 1. The van der Waals surface area contributed by atoms with E-state index in [0.29, 0.717) is 5.13 Å². The van der Waals surface area contributed by atoms with Gasteiger partial charge >= 0.3 is 0 Å². The molecule has 0 fully saturated rings. The van der Waals surface area contributed by atoms with Crippen molar-refractivity contribution in [3.8, 4) is 0 Å². The maximum Gasteiger partial charge on any atom is 0.223 e. The molecular weight excluding hydrogens is 208 g/mol. The number of hydrogen-bond acceptors (Lipinski definition) is 3. The second-order valence-corrected chi connectivity index (χ2v) is 4.26. The van der Waals surface area contributed by atoms with E-state index in [1.54, 1.807) is 0 Å². The summed E-state index contributed by atoms with van der Waals surface area (Å²) in [6.07, 6.45) is 3.87. The lowest BCUT2D eigenvalue weighted by molar-refractivity contribution is -0.114. The van der Waals surface area contributed by atoms with E-state index in [1.165, 1.54) is 18.3 Å². The van der Waals surface area contributed by atoms with Crippen LogP contribution in [0.3, 0.4) is 0 Å². The fourth-order valence-electron chi connectivity index (χ4n) is 1.09. The quantitative estimate of drug-likeness (QED) is 0.818. The smallest absolute Gasteiger partial charge is 0.223 e. The van der Waals surface area contributed by atoms with Crippen molar-refractivity contribution in [2.24, 2.45) is 0 Å². The Hall–Kier alpha value is -1.42. The average molecular weight is 222 g/mol. The van der Waals surface area contributed by atoms with Crippen LogP contribution in [0.15, 0.2) is 12.2 Å². The van der Waals surface area contributed by atoms with Gasteiger partial charge in [0.2, 0.25) is 5.91 Å². The van der Waals surface area contributed by atoms with Crippen LogP contribution in [0, 0.1) is 0 Å². The van der Waals surface area contributed by atoms with Crippen molar-refractivity contribution in [2.75, 3.05) is 5.32 Å². The Balaban J connectivity index is 3.24. The number of carbonyl (C=O) groups excluding carboxylic acids is 1. The first kappa shape index (κ1) is 11.7. The Bertz CT molecular complexity index is 499. The van der Waals surface area contributed by atoms with Gasteiger partial charge in [-0.15, -0.1) is 0 Å². The van der Waals surface area contributed by atoms with Crippen LogP contribution in [-0.4, -0.2) is 10.9 Å². The van der Waals surface area contributed by atoms with Gasteiger partial charge in [-0.05, 0) is 19.9 Å². The molecular formula is C11H14N2OS. The number of nitrogens with zero attached hydrogens (tertiary/aromatic N) is 1. The van der Waals surface area contributed by atoms with Gasteiger partial charge in [0.05, 0.1) is 9.88 Å². The summed E-state index contributed by atoms with van der Waals surface area (Å²) in [6.45, 7) is 9.13. The predicted molar refractivity (Wildman–Crippen MR) is 65.1 cm³/mol. The van der Waals surface area contributed by atoms with E-state index in [1.807, 2.05) is 26.0 Å². The lowest BCUT2D eigenvalue weighted by atomic mass is 10.3. The number of allylic oxidation sites excluding steroid dienone is 1. The van der Waals surface area contributed by atoms with Crippen LogP contribution < -0.4 is 15.2 Å². The summed E-state index contributed by atoms with van der Waals surface area (Å²) in [5.74, 6) is -0.103. The minimum atomic E-state index is -0.103. The third-order valence-electron chi connectivity index (χ3n) is 1.61. The van der Waals surface area contributed by atoms with Gasteiger partial charge in [0.15, 0.2) is 5.13 Å². The summed E-state index contributed by atoms with van der Waals surface area (Å²) in [7, 11) is 0. The molecule has 1 aromatic heterocycles. The van der Waals surface area contributed by atoms with Crippen LogP contribution in [-0.2, 0) is 4.79 Å². The van der Waals surface area contributed by atoms with Gasteiger partial charge in [-0.3, -0.25) is 4.79 Å². The van der Waals surface area contributed by atoms with Crippen molar-refractivity contribution < 1.29 is 4.79 Å². The number of amides is 1. The van der Waals surface area contributed by atoms with Crippen LogP contribution in [0.2, 0.25) is 0 Å². The Morgan fingerprint density at radius 2 is 2.20 bits per heavy atom. The van der Waals surface area contributed by atoms with Crippen LogP contribution in [0.4, 0.5) is 5.13 Å². The third-order valence-corrected chi connectivity index (χ3v) is 2.66. The second-order valence-electron chi connectivity index (χ2n) is 3.23. The highest BCUT2D eigenvalue weighted by molar-refractivity contribution is 7.13. The predicted octanol–water partition coefficient (Wildman–Crippen LogP) is 1.26. The van der Waals surface area contributed by atoms with E-state index < -0.39 is 0 Å². The zero-order valence-electron chi connectivity index (χ0n) is 9.13. The molecule has 1 N–H and O–H groups in total. The lowest BCUT2D eigenvalue weighted by Gasteiger charge is -1.91. The average Bonchev–Trinajstić information content (AvgIpc) is 2.45. The van der Waals surface area contributed by atoms with Crippen molar-refractivity contribution in [3.05, 3.63) is 22.0 Å². The maximum absolute atomic E-state index is 10.9. The fraction of sp³-hybridized carbons (Fsp3) is 0.273. The number of nitrogens with one attached hydrogen (secondary N) is 1. The van der Waals surface area contributed by atoms with Crippen LogP contribution in [0.5, 0.6) is 0 Å². The van der Waals surface area contributed by atoms with Gasteiger partial charge in [-0.2, -0.15) is 0 Å². The van der Waals surface area contributed by atoms with Crippen molar-refractivity contribution in [3.63, 3.8) is 0 Å². The van der Waals surface area contributed by atoms with Crippen molar-refractivity contribution >= 4 is 34.5 Å². The van der Waals surface area contributed by atoms with Gasteiger partial charge in [0.25, 0.3) is 0 Å². The Kier molecular flexibility index (Phi) is 3.80.